The monoisotopic (exact) mass is 210 g/mol. The van der Waals surface area contributed by atoms with Crippen LogP contribution in [0, 0.1) is 23.2 Å². The minimum atomic E-state index is 0.212. The predicted molar refractivity (Wildman–Crippen MR) is 63.7 cm³/mol. The SMILES string of the molecule is CCCC(C)(CO)CC1CC2CCC1C2. The van der Waals surface area contributed by atoms with Crippen LogP contribution in [0.2, 0.25) is 0 Å². The molecular formula is C14H26O. The molecule has 2 saturated carbocycles. The number of hydrogen-bond acceptors (Lipinski definition) is 1. The highest BCUT2D eigenvalue weighted by Crippen LogP contribution is 2.52. The highest BCUT2D eigenvalue weighted by atomic mass is 16.3. The summed E-state index contributed by atoms with van der Waals surface area (Å²) in [6.45, 7) is 4.89. The lowest BCUT2D eigenvalue weighted by molar-refractivity contribution is 0.0887. The Balaban J connectivity index is 1.89. The first kappa shape index (κ1) is 11.4. The molecule has 2 aliphatic carbocycles. The van der Waals surface area contributed by atoms with Crippen molar-refractivity contribution in [3.63, 3.8) is 0 Å². The average molecular weight is 210 g/mol. The Morgan fingerprint density at radius 3 is 2.53 bits per heavy atom. The number of rotatable bonds is 5. The molecule has 1 nitrogen and oxygen atoms in total. The molecule has 4 atom stereocenters. The molecule has 88 valence electrons. The van der Waals surface area contributed by atoms with Crippen molar-refractivity contribution < 1.29 is 5.11 Å². The number of hydrogen-bond donors (Lipinski definition) is 1. The van der Waals surface area contributed by atoms with Gasteiger partial charge in [0.15, 0.2) is 0 Å². The molecule has 0 aromatic heterocycles. The van der Waals surface area contributed by atoms with Gasteiger partial charge in [0.1, 0.15) is 0 Å². The molecule has 0 saturated heterocycles. The van der Waals surface area contributed by atoms with Crippen molar-refractivity contribution in [2.75, 3.05) is 6.61 Å². The molecule has 0 radical (unpaired) electrons. The lowest BCUT2D eigenvalue weighted by Crippen LogP contribution is -2.27. The summed E-state index contributed by atoms with van der Waals surface area (Å²) in [5.74, 6) is 3.00. The molecule has 2 bridgehead atoms. The molecule has 0 heterocycles. The van der Waals surface area contributed by atoms with E-state index in [9.17, 15) is 5.11 Å². The van der Waals surface area contributed by atoms with Gasteiger partial charge in [0.05, 0.1) is 0 Å². The Bertz CT molecular complexity index is 213. The minimum Gasteiger partial charge on any atom is -0.396 e. The maximum Gasteiger partial charge on any atom is 0.0484 e. The normalized spacial score (nSPS) is 38.2. The predicted octanol–water partition coefficient (Wildman–Crippen LogP) is 3.61. The Morgan fingerprint density at radius 1 is 1.27 bits per heavy atom. The van der Waals surface area contributed by atoms with Gasteiger partial charge in [-0.05, 0) is 55.3 Å². The lowest BCUT2D eigenvalue weighted by Gasteiger charge is -2.33. The van der Waals surface area contributed by atoms with E-state index in [-0.39, 0.29) is 5.41 Å². The topological polar surface area (TPSA) is 20.2 Å². The Hall–Kier alpha value is -0.0400. The molecule has 0 aliphatic heterocycles. The third kappa shape index (κ3) is 2.38. The molecule has 1 heteroatoms. The summed E-state index contributed by atoms with van der Waals surface area (Å²) in [6, 6.07) is 0. The van der Waals surface area contributed by atoms with Crippen LogP contribution in [0.25, 0.3) is 0 Å². The molecular weight excluding hydrogens is 184 g/mol. The molecule has 15 heavy (non-hydrogen) atoms. The second kappa shape index (κ2) is 4.45. The smallest absolute Gasteiger partial charge is 0.0484 e. The largest absolute Gasteiger partial charge is 0.396 e. The van der Waals surface area contributed by atoms with Crippen molar-refractivity contribution in [2.45, 2.75) is 58.8 Å². The van der Waals surface area contributed by atoms with E-state index in [1.54, 1.807) is 0 Å². The van der Waals surface area contributed by atoms with E-state index in [0.717, 1.165) is 17.8 Å². The average Bonchev–Trinajstić information content (AvgIpc) is 2.79. The van der Waals surface area contributed by atoms with Gasteiger partial charge in [-0.3, -0.25) is 0 Å². The fraction of sp³-hybridized carbons (Fsp3) is 1.00. The van der Waals surface area contributed by atoms with Crippen molar-refractivity contribution in [1.29, 1.82) is 0 Å². The van der Waals surface area contributed by atoms with Crippen LogP contribution in [0.3, 0.4) is 0 Å². The van der Waals surface area contributed by atoms with Gasteiger partial charge in [-0.25, -0.2) is 0 Å². The highest BCUT2D eigenvalue weighted by molar-refractivity contribution is 4.92. The van der Waals surface area contributed by atoms with Gasteiger partial charge in [-0.1, -0.05) is 26.7 Å². The molecule has 4 unspecified atom stereocenters. The van der Waals surface area contributed by atoms with Crippen LogP contribution in [-0.4, -0.2) is 11.7 Å². The van der Waals surface area contributed by atoms with Crippen LogP contribution in [0.5, 0.6) is 0 Å². The molecule has 2 fully saturated rings. The number of fused-ring (bicyclic) bond motifs is 2. The van der Waals surface area contributed by atoms with Crippen LogP contribution in [0.1, 0.15) is 58.8 Å². The zero-order valence-corrected chi connectivity index (χ0v) is 10.3. The van der Waals surface area contributed by atoms with E-state index in [0.29, 0.717) is 6.61 Å². The van der Waals surface area contributed by atoms with Gasteiger partial charge < -0.3 is 5.11 Å². The van der Waals surface area contributed by atoms with Gasteiger partial charge >= 0.3 is 0 Å². The van der Waals surface area contributed by atoms with E-state index in [4.69, 9.17) is 0 Å². The van der Waals surface area contributed by atoms with Crippen LogP contribution < -0.4 is 0 Å². The maximum absolute atomic E-state index is 9.55. The van der Waals surface area contributed by atoms with E-state index in [2.05, 4.69) is 13.8 Å². The summed E-state index contributed by atoms with van der Waals surface area (Å²) in [5, 5.41) is 9.55. The Kier molecular flexibility index (Phi) is 3.39. The summed E-state index contributed by atoms with van der Waals surface area (Å²) in [6.07, 6.45) is 9.60. The van der Waals surface area contributed by atoms with Crippen LogP contribution in [0.15, 0.2) is 0 Å². The van der Waals surface area contributed by atoms with Crippen LogP contribution in [0.4, 0.5) is 0 Å². The summed E-state index contributed by atoms with van der Waals surface area (Å²) >= 11 is 0. The molecule has 1 N–H and O–H groups in total. The first-order valence-corrected chi connectivity index (χ1v) is 6.78. The van der Waals surface area contributed by atoms with Gasteiger partial charge in [0.25, 0.3) is 0 Å². The van der Waals surface area contributed by atoms with Gasteiger partial charge in [-0.2, -0.15) is 0 Å². The lowest BCUT2D eigenvalue weighted by atomic mass is 9.73. The first-order valence-electron chi connectivity index (χ1n) is 6.78. The molecule has 2 rings (SSSR count). The summed E-state index contributed by atoms with van der Waals surface area (Å²) in [5.41, 5.74) is 0.212. The summed E-state index contributed by atoms with van der Waals surface area (Å²) in [7, 11) is 0. The van der Waals surface area contributed by atoms with Gasteiger partial charge in [-0.15, -0.1) is 0 Å². The molecule has 0 aromatic rings. The number of aliphatic hydroxyl groups is 1. The molecule has 0 amide bonds. The second-order valence-electron chi connectivity index (χ2n) is 6.36. The number of aliphatic hydroxyl groups excluding tert-OH is 1. The van der Waals surface area contributed by atoms with Crippen molar-refractivity contribution in [3.05, 3.63) is 0 Å². The van der Waals surface area contributed by atoms with Gasteiger partial charge in [0.2, 0.25) is 0 Å². The van der Waals surface area contributed by atoms with E-state index in [1.807, 2.05) is 0 Å². The van der Waals surface area contributed by atoms with Crippen molar-refractivity contribution in [1.82, 2.24) is 0 Å². The summed E-state index contributed by atoms with van der Waals surface area (Å²) < 4.78 is 0. The second-order valence-corrected chi connectivity index (χ2v) is 6.36. The van der Waals surface area contributed by atoms with E-state index < -0.39 is 0 Å². The highest BCUT2D eigenvalue weighted by Gasteiger charge is 2.41. The van der Waals surface area contributed by atoms with Crippen molar-refractivity contribution in [2.24, 2.45) is 23.2 Å². The Morgan fingerprint density at radius 2 is 2.07 bits per heavy atom. The van der Waals surface area contributed by atoms with Gasteiger partial charge in [0, 0.05) is 6.61 Å². The summed E-state index contributed by atoms with van der Waals surface area (Å²) in [4.78, 5) is 0. The zero-order chi connectivity index (χ0) is 10.9. The zero-order valence-electron chi connectivity index (χ0n) is 10.3. The maximum atomic E-state index is 9.55. The third-order valence-electron chi connectivity index (χ3n) is 4.87. The third-order valence-corrected chi connectivity index (χ3v) is 4.87. The van der Waals surface area contributed by atoms with Crippen LogP contribution >= 0.6 is 0 Å². The fourth-order valence-corrected chi connectivity index (χ4v) is 4.11. The molecule has 0 spiro atoms. The van der Waals surface area contributed by atoms with Crippen molar-refractivity contribution >= 4 is 0 Å². The van der Waals surface area contributed by atoms with Crippen LogP contribution in [-0.2, 0) is 0 Å². The first-order chi connectivity index (χ1) is 7.17. The van der Waals surface area contributed by atoms with Crippen molar-refractivity contribution in [3.8, 4) is 0 Å². The van der Waals surface area contributed by atoms with E-state index in [1.165, 1.54) is 44.9 Å². The molecule has 0 aromatic carbocycles. The standard InChI is InChI=1S/C14H26O/c1-3-6-14(2,10-15)9-13-8-11-4-5-12(13)7-11/h11-13,15H,3-10H2,1-2H3. The molecule has 2 aliphatic rings. The van der Waals surface area contributed by atoms with E-state index >= 15 is 0 Å². The fourth-order valence-electron chi connectivity index (χ4n) is 4.11. The quantitative estimate of drug-likeness (QED) is 0.735. The Labute approximate surface area is 94.3 Å². The minimum absolute atomic E-state index is 0.212.